The number of rotatable bonds is 5. The maximum atomic E-state index is 13.7. The lowest BCUT2D eigenvalue weighted by atomic mass is 10.1. The molecule has 5 aromatic rings. The molecular weight excluding hydrogens is 517 g/mol. The monoisotopic (exact) mass is 538 g/mol. The van der Waals surface area contributed by atoms with Crippen molar-refractivity contribution in [3.05, 3.63) is 94.4 Å². The zero-order chi connectivity index (χ0) is 26.3. The molecule has 1 amide bonds. The minimum atomic E-state index is -4.52. The van der Waals surface area contributed by atoms with Crippen LogP contribution >= 0.6 is 23.1 Å². The van der Waals surface area contributed by atoms with Gasteiger partial charge in [0.2, 0.25) is 0 Å². The number of benzene rings is 2. The van der Waals surface area contributed by atoms with Crippen LogP contribution in [0.15, 0.2) is 76.2 Å². The number of hydrogen-bond donors (Lipinski definition) is 1. The van der Waals surface area contributed by atoms with E-state index >= 15 is 0 Å². The molecule has 0 fully saturated rings. The molecule has 3 heterocycles. The van der Waals surface area contributed by atoms with E-state index in [1.807, 2.05) is 30.5 Å². The summed E-state index contributed by atoms with van der Waals surface area (Å²) in [7, 11) is 0. The Morgan fingerprint density at radius 1 is 1.03 bits per heavy atom. The summed E-state index contributed by atoms with van der Waals surface area (Å²) in [5.74, 6) is -0.406. The maximum Gasteiger partial charge on any atom is 0.418 e. The van der Waals surface area contributed by atoms with Crippen molar-refractivity contribution in [1.82, 2.24) is 14.5 Å². The first-order valence-corrected chi connectivity index (χ1v) is 13.0. The molecular formula is C27H21F3N4OS2. The average molecular weight is 539 g/mol. The third kappa shape index (κ3) is 4.74. The molecule has 188 valence electrons. The van der Waals surface area contributed by atoms with Crippen LogP contribution in [0.5, 0.6) is 0 Å². The Balaban J connectivity index is 1.48. The van der Waals surface area contributed by atoms with Gasteiger partial charge in [-0.05, 0) is 62.0 Å². The summed E-state index contributed by atoms with van der Waals surface area (Å²) in [6.45, 7) is 5.34. The quantitative estimate of drug-likeness (QED) is 0.232. The van der Waals surface area contributed by atoms with Crippen molar-refractivity contribution in [3.8, 4) is 5.69 Å². The van der Waals surface area contributed by atoms with E-state index in [9.17, 15) is 18.0 Å². The van der Waals surface area contributed by atoms with Crippen LogP contribution in [0.3, 0.4) is 0 Å². The Morgan fingerprint density at radius 3 is 2.54 bits per heavy atom. The Kier molecular flexibility index (Phi) is 6.55. The molecule has 0 bridgehead atoms. The molecule has 37 heavy (non-hydrogen) atoms. The number of nitrogens with zero attached hydrogens (tertiary/aromatic N) is 3. The van der Waals surface area contributed by atoms with Crippen molar-refractivity contribution in [2.75, 3.05) is 5.32 Å². The first-order chi connectivity index (χ1) is 17.6. The summed E-state index contributed by atoms with van der Waals surface area (Å²) >= 11 is 2.97. The second kappa shape index (κ2) is 9.68. The highest BCUT2D eigenvalue weighted by Gasteiger charge is 2.34. The number of carbonyl (C=O) groups excluding carboxylic acids is 1. The van der Waals surface area contributed by atoms with E-state index in [1.165, 1.54) is 34.8 Å². The maximum absolute atomic E-state index is 13.7. The van der Waals surface area contributed by atoms with Gasteiger partial charge >= 0.3 is 6.18 Å². The number of aryl methyl sites for hydroxylation is 2. The largest absolute Gasteiger partial charge is 0.418 e. The molecule has 1 N–H and O–H groups in total. The fourth-order valence-corrected chi connectivity index (χ4v) is 6.28. The lowest BCUT2D eigenvalue weighted by molar-refractivity contribution is -0.137. The minimum absolute atomic E-state index is 0.0149. The highest BCUT2D eigenvalue weighted by Crippen LogP contribution is 2.39. The number of hydrogen-bond acceptors (Lipinski definition) is 5. The van der Waals surface area contributed by atoms with Crippen LogP contribution < -0.4 is 5.32 Å². The smallest absolute Gasteiger partial charge is 0.321 e. The molecule has 0 aliphatic heterocycles. The van der Waals surface area contributed by atoms with Crippen molar-refractivity contribution in [1.29, 1.82) is 0 Å². The molecule has 3 aromatic heterocycles. The third-order valence-electron chi connectivity index (χ3n) is 5.99. The zero-order valence-electron chi connectivity index (χ0n) is 20.1. The second-order valence-electron chi connectivity index (χ2n) is 8.47. The van der Waals surface area contributed by atoms with Gasteiger partial charge in [-0.25, -0.2) is 9.97 Å². The Hall–Kier alpha value is -3.63. The van der Waals surface area contributed by atoms with Crippen LogP contribution in [0.4, 0.5) is 18.9 Å². The van der Waals surface area contributed by atoms with Gasteiger partial charge in [-0.1, -0.05) is 36.0 Å². The summed E-state index contributed by atoms with van der Waals surface area (Å²) in [5.41, 5.74) is 2.13. The van der Waals surface area contributed by atoms with Crippen molar-refractivity contribution in [2.24, 2.45) is 0 Å². The highest BCUT2D eigenvalue weighted by molar-refractivity contribution is 7.99. The summed E-state index contributed by atoms with van der Waals surface area (Å²) in [6.07, 6.45) is -3.00. The standard InChI is InChI=1S/C27H21F3N4OS2/c1-15-13-36-25-23(15)26(32-14-31-25)37-22-11-7-5-9-20(22)33-24(35)18-12-16(2)34(17(18)3)21-10-6-4-8-19(21)27(28,29)30/h4-14H,1-3H3,(H,33,35). The number of carbonyl (C=O) groups is 1. The summed E-state index contributed by atoms with van der Waals surface area (Å²) in [5, 5.41) is 6.74. The molecule has 10 heteroatoms. The van der Waals surface area contributed by atoms with E-state index in [4.69, 9.17) is 0 Å². The number of amides is 1. The van der Waals surface area contributed by atoms with Gasteiger partial charge in [-0.2, -0.15) is 13.2 Å². The first kappa shape index (κ1) is 25.0. The fraction of sp³-hybridized carbons (Fsp3) is 0.148. The molecule has 0 aliphatic carbocycles. The lowest BCUT2D eigenvalue weighted by Crippen LogP contribution is -2.15. The average Bonchev–Trinajstić information content (AvgIpc) is 3.39. The van der Waals surface area contributed by atoms with Gasteiger partial charge in [-0.3, -0.25) is 4.79 Å². The van der Waals surface area contributed by atoms with Crippen LogP contribution in [0.25, 0.3) is 15.9 Å². The van der Waals surface area contributed by atoms with E-state index in [0.717, 1.165) is 31.8 Å². The van der Waals surface area contributed by atoms with Gasteiger partial charge in [0.25, 0.3) is 5.91 Å². The van der Waals surface area contributed by atoms with Crippen molar-refractivity contribution in [3.63, 3.8) is 0 Å². The number of alkyl halides is 3. The molecule has 0 unspecified atom stereocenters. The van der Waals surface area contributed by atoms with E-state index in [-0.39, 0.29) is 5.69 Å². The predicted octanol–water partition coefficient (Wildman–Crippen LogP) is 7.83. The zero-order valence-corrected chi connectivity index (χ0v) is 21.7. The Labute approximate surface area is 219 Å². The van der Waals surface area contributed by atoms with Gasteiger partial charge in [0.1, 0.15) is 16.2 Å². The predicted molar refractivity (Wildman–Crippen MR) is 141 cm³/mol. The summed E-state index contributed by atoms with van der Waals surface area (Å²) < 4.78 is 42.5. The molecule has 0 atom stereocenters. The molecule has 0 saturated carbocycles. The number of fused-ring (bicyclic) bond motifs is 1. The molecule has 0 radical (unpaired) electrons. The molecule has 0 aliphatic rings. The van der Waals surface area contributed by atoms with Crippen LogP contribution in [-0.4, -0.2) is 20.4 Å². The SMILES string of the molecule is Cc1csc2ncnc(Sc3ccccc3NC(=O)c3cc(C)n(-c4ccccc4C(F)(F)F)c3C)c12. The van der Waals surface area contributed by atoms with Gasteiger partial charge in [-0.15, -0.1) is 11.3 Å². The van der Waals surface area contributed by atoms with Crippen LogP contribution in [-0.2, 0) is 6.18 Å². The number of nitrogens with one attached hydrogen (secondary N) is 1. The molecule has 0 spiro atoms. The van der Waals surface area contributed by atoms with E-state index in [2.05, 4.69) is 15.3 Å². The first-order valence-electron chi connectivity index (χ1n) is 11.3. The number of halogens is 3. The Morgan fingerprint density at radius 2 is 1.76 bits per heavy atom. The van der Waals surface area contributed by atoms with E-state index in [0.29, 0.717) is 22.6 Å². The fourth-order valence-electron chi connectivity index (χ4n) is 4.29. The highest BCUT2D eigenvalue weighted by atomic mass is 32.2. The van der Waals surface area contributed by atoms with E-state index < -0.39 is 17.6 Å². The van der Waals surface area contributed by atoms with Gasteiger partial charge in [0.15, 0.2) is 0 Å². The third-order valence-corrected chi connectivity index (χ3v) is 8.07. The Bertz CT molecular complexity index is 1640. The van der Waals surface area contributed by atoms with Crippen LogP contribution in [0.2, 0.25) is 0 Å². The summed E-state index contributed by atoms with van der Waals surface area (Å²) in [4.78, 5) is 23.8. The number of aromatic nitrogens is 3. The lowest BCUT2D eigenvalue weighted by Gasteiger charge is -2.17. The normalized spacial score (nSPS) is 11.7. The molecule has 2 aromatic carbocycles. The van der Waals surface area contributed by atoms with Crippen LogP contribution in [0, 0.1) is 20.8 Å². The molecule has 5 nitrogen and oxygen atoms in total. The van der Waals surface area contributed by atoms with E-state index in [1.54, 1.807) is 43.4 Å². The van der Waals surface area contributed by atoms with Crippen molar-refractivity contribution >= 4 is 44.9 Å². The number of para-hydroxylation sites is 2. The summed E-state index contributed by atoms with van der Waals surface area (Å²) in [6, 6.07) is 14.3. The molecule has 0 saturated heterocycles. The van der Waals surface area contributed by atoms with Gasteiger partial charge in [0, 0.05) is 21.7 Å². The van der Waals surface area contributed by atoms with Crippen molar-refractivity contribution < 1.29 is 18.0 Å². The minimum Gasteiger partial charge on any atom is -0.321 e. The molecule has 5 rings (SSSR count). The number of thiophene rings is 1. The topological polar surface area (TPSA) is 59.8 Å². The van der Waals surface area contributed by atoms with Crippen molar-refractivity contribution in [2.45, 2.75) is 36.9 Å². The number of anilines is 1. The van der Waals surface area contributed by atoms with Gasteiger partial charge in [0.05, 0.1) is 22.5 Å². The second-order valence-corrected chi connectivity index (χ2v) is 10.4. The van der Waals surface area contributed by atoms with Gasteiger partial charge < -0.3 is 9.88 Å². The van der Waals surface area contributed by atoms with Crippen LogP contribution in [0.1, 0.15) is 32.9 Å².